The van der Waals surface area contributed by atoms with Crippen LogP contribution in [0, 0.1) is 6.92 Å². The minimum Gasteiger partial charge on any atom is -0.379 e. The van der Waals surface area contributed by atoms with Gasteiger partial charge in [0.05, 0.1) is 34.8 Å². The Kier molecular flexibility index (Phi) is 11.4. The number of nitrogens with zero attached hydrogens (tertiary/aromatic N) is 5. The Morgan fingerprint density at radius 1 is 0.949 bits per heavy atom. The number of aryl methyl sites for hydroxylation is 3. The van der Waals surface area contributed by atoms with Gasteiger partial charge in [-0.1, -0.05) is 35.6 Å². The average Bonchev–Trinajstić information content (AvgIpc) is 4.07. The maximum Gasteiger partial charge on any atom is 0.277 e. The van der Waals surface area contributed by atoms with Crippen molar-refractivity contribution >= 4 is 92.8 Å². The standard InChI is InChI=1S/C43H44N8O4S4/c1-3-50-37-12-7-29(21-34(37)33-10-8-30(22-38(33)50)39-20-28(2)27-57-39)25-44-13-17-55-18-16-49-14-5-15-51-32(26-49)24-36(47-51)42(52)46-43-45-35-11-9-31(23-40(35)58-43)48-59(53,54)41-6-4-19-56-41/h4,6-12,19-24,27,44,48H,3,5,13-18,25-26H2,1-2H3,(H,45,46,52). The maximum absolute atomic E-state index is 13.3. The van der Waals surface area contributed by atoms with Gasteiger partial charge in [0.2, 0.25) is 0 Å². The Labute approximate surface area is 354 Å². The van der Waals surface area contributed by atoms with Crippen molar-refractivity contribution in [2.75, 3.05) is 42.9 Å². The number of anilines is 2. The molecule has 59 heavy (non-hydrogen) atoms. The van der Waals surface area contributed by atoms with Gasteiger partial charge in [-0.25, -0.2) is 13.4 Å². The van der Waals surface area contributed by atoms with Crippen molar-refractivity contribution in [1.29, 1.82) is 0 Å². The third-order valence-corrected chi connectivity index (χ3v) is 15.3. The summed E-state index contributed by atoms with van der Waals surface area (Å²) in [6.07, 6.45) is 0.921. The van der Waals surface area contributed by atoms with E-state index in [4.69, 9.17) is 4.74 Å². The highest BCUT2D eigenvalue weighted by Gasteiger charge is 2.21. The molecule has 1 aliphatic heterocycles. The summed E-state index contributed by atoms with van der Waals surface area (Å²) in [7, 11) is -3.67. The number of fused-ring (bicyclic) bond motifs is 5. The van der Waals surface area contributed by atoms with Gasteiger partial charge in [0.1, 0.15) is 4.21 Å². The van der Waals surface area contributed by atoms with E-state index in [1.54, 1.807) is 47.0 Å². The van der Waals surface area contributed by atoms with Gasteiger partial charge >= 0.3 is 0 Å². The molecule has 0 unspecified atom stereocenters. The second-order valence-electron chi connectivity index (χ2n) is 14.7. The second-order valence-corrected chi connectivity index (χ2v) is 19.5. The first kappa shape index (κ1) is 39.5. The molecule has 5 aromatic heterocycles. The molecular weight excluding hydrogens is 821 g/mol. The van der Waals surface area contributed by atoms with E-state index in [1.807, 2.05) is 10.7 Å². The van der Waals surface area contributed by atoms with Crippen molar-refractivity contribution < 1.29 is 17.9 Å². The van der Waals surface area contributed by atoms with Gasteiger partial charge in [-0.3, -0.25) is 24.4 Å². The molecule has 16 heteroatoms. The van der Waals surface area contributed by atoms with Crippen LogP contribution in [-0.2, 0) is 40.9 Å². The SMILES string of the molecule is CCn1c2ccc(CNCCOCCN3CCCn4nc(C(=O)Nc5nc6ccc(NS(=O)(=O)c7cccs7)cc6s5)cc4C3)cc2c2ccc(-c3cc(C)cs3)cc21. The summed E-state index contributed by atoms with van der Waals surface area (Å²) >= 11 is 4.23. The average molecular weight is 865 g/mol. The van der Waals surface area contributed by atoms with Crippen LogP contribution in [0.3, 0.4) is 0 Å². The lowest BCUT2D eigenvalue weighted by molar-refractivity contribution is 0.101. The number of thiazole rings is 1. The topological polar surface area (TPSA) is 135 Å². The normalized spacial score (nSPS) is 13.7. The van der Waals surface area contributed by atoms with Gasteiger partial charge < -0.3 is 14.6 Å². The molecule has 1 amide bonds. The monoisotopic (exact) mass is 864 g/mol. The Morgan fingerprint density at radius 2 is 1.86 bits per heavy atom. The molecular formula is C43H44N8O4S4. The van der Waals surface area contributed by atoms with Crippen molar-refractivity contribution in [1.82, 2.24) is 29.5 Å². The number of rotatable bonds is 15. The Balaban J connectivity index is 0.740. The molecule has 0 saturated carbocycles. The van der Waals surface area contributed by atoms with Crippen LogP contribution < -0.4 is 15.4 Å². The molecule has 0 saturated heterocycles. The fraction of sp³-hybridized carbons (Fsp3) is 0.279. The Hall–Kier alpha value is -4.94. The van der Waals surface area contributed by atoms with Crippen LogP contribution in [0.4, 0.5) is 10.8 Å². The number of benzene rings is 3. The number of aromatic nitrogens is 4. The fourth-order valence-electron chi connectivity index (χ4n) is 7.66. The van der Waals surface area contributed by atoms with Crippen LogP contribution >= 0.6 is 34.0 Å². The van der Waals surface area contributed by atoms with Crippen molar-refractivity contribution in [3.63, 3.8) is 0 Å². The molecule has 6 heterocycles. The summed E-state index contributed by atoms with van der Waals surface area (Å²) < 4.78 is 39.3. The third-order valence-electron chi connectivity index (χ3n) is 10.5. The van der Waals surface area contributed by atoms with Gasteiger partial charge in [-0.15, -0.1) is 22.7 Å². The number of carbonyl (C=O) groups excluding carboxylic acids is 1. The third kappa shape index (κ3) is 8.57. The van der Waals surface area contributed by atoms with E-state index in [0.717, 1.165) is 67.4 Å². The molecule has 0 aliphatic carbocycles. The van der Waals surface area contributed by atoms with Gasteiger partial charge in [-0.2, -0.15) is 5.10 Å². The van der Waals surface area contributed by atoms with Crippen LogP contribution in [0.25, 0.3) is 42.5 Å². The summed E-state index contributed by atoms with van der Waals surface area (Å²) in [5.74, 6) is -0.336. The first-order valence-electron chi connectivity index (χ1n) is 19.7. The number of ether oxygens (including phenoxy) is 1. The molecule has 304 valence electrons. The van der Waals surface area contributed by atoms with Crippen molar-refractivity contribution in [3.8, 4) is 10.4 Å². The van der Waals surface area contributed by atoms with Gasteiger partial charge in [-0.05, 0) is 102 Å². The van der Waals surface area contributed by atoms with Crippen LogP contribution in [0.15, 0.2) is 93.8 Å². The molecule has 0 atom stereocenters. The van der Waals surface area contributed by atoms with E-state index >= 15 is 0 Å². The van der Waals surface area contributed by atoms with Crippen molar-refractivity contribution in [3.05, 3.63) is 112 Å². The smallest absolute Gasteiger partial charge is 0.277 e. The minimum absolute atomic E-state index is 0.241. The second kappa shape index (κ2) is 17.0. The first-order chi connectivity index (χ1) is 28.7. The summed E-state index contributed by atoms with van der Waals surface area (Å²) in [5.41, 5.74) is 8.79. The van der Waals surface area contributed by atoms with E-state index in [-0.39, 0.29) is 10.1 Å². The molecule has 0 bridgehead atoms. The number of sulfonamides is 1. The lowest BCUT2D eigenvalue weighted by Crippen LogP contribution is -2.28. The number of thiophene rings is 2. The van der Waals surface area contributed by atoms with Crippen LogP contribution in [0.5, 0.6) is 0 Å². The lowest BCUT2D eigenvalue weighted by Gasteiger charge is -2.19. The quantitative estimate of drug-likeness (QED) is 0.0872. The van der Waals surface area contributed by atoms with E-state index in [0.29, 0.717) is 41.8 Å². The van der Waals surface area contributed by atoms with Crippen LogP contribution in [0.2, 0.25) is 0 Å². The van der Waals surface area contributed by atoms with Gasteiger partial charge in [0, 0.05) is 72.5 Å². The molecule has 0 fully saturated rings. The summed E-state index contributed by atoms with van der Waals surface area (Å²) in [6, 6.07) is 26.2. The highest BCUT2D eigenvalue weighted by Crippen LogP contribution is 2.35. The number of hydrogen-bond acceptors (Lipinski definition) is 11. The molecule has 1 aliphatic rings. The predicted molar refractivity (Wildman–Crippen MR) is 241 cm³/mol. The lowest BCUT2D eigenvalue weighted by atomic mass is 10.1. The van der Waals surface area contributed by atoms with Crippen LogP contribution in [-0.4, -0.2) is 71.4 Å². The van der Waals surface area contributed by atoms with E-state index in [2.05, 4.69) is 96.6 Å². The summed E-state index contributed by atoms with van der Waals surface area (Å²) in [4.78, 5) is 21.5. The van der Waals surface area contributed by atoms with E-state index in [1.165, 1.54) is 54.7 Å². The molecule has 0 spiro atoms. The van der Waals surface area contributed by atoms with E-state index < -0.39 is 10.0 Å². The highest BCUT2D eigenvalue weighted by molar-refractivity contribution is 7.94. The number of hydrogen-bond donors (Lipinski definition) is 3. The molecule has 3 N–H and O–H groups in total. The fourth-order valence-corrected chi connectivity index (χ4v) is 11.5. The van der Waals surface area contributed by atoms with Crippen molar-refractivity contribution in [2.45, 2.75) is 50.7 Å². The van der Waals surface area contributed by atoms with Gasteiger partial charge in [0.15, 0.2) is 10.8 Å². The maximum atomic E-state index is 13.3. The number of nitrogens with one attached hydrogen (secondary N) is 3. The minimum atomic E-state index is -3.67. The number of carbonyl (C=O) groups is 1. The molecule has 3 aromatic carbocycles. The summed E-state index contributed by atoms with van der Waals surface area (Å²) in [5, 5.41) is 18.0. The van der Waals surface area contributed by atoms with E-state index in [9.17, 15) is 13.2 Å². The Bertz CT molecular complexity index is 2890. The summed E-state index contributed by atoms with van der Waals surface area (Å²) in [6.45, 7) is 11.2. The largest absolute Gasteiger partial charge is 0.379 e. The zero-order valence-electron chi connectivity index (χ0n) is 32.7. The predicted octanol–water partition coefficient (Wildman–Crippen LogP) is 8.78. The van der Waals surface area contributed by atoms with Crippen LogP contribution in [0.1, 0.15) is 40.7 Å². The molecule has 8 aromatic rings. The molecule has 9 rings (SSSR count). The zero-order chi connectivity index (χ0) is 40.5. The first-order valence-corrected chi connectivity index (χ1v) is 23.7. The van der Waals surface area contributed by atoms with Gasteiger partial charge in [0.25, 0.3) is 15.9 Å². The molecule has 12 nitrogen and oxygen atoms in total. The Morgan fingerprint density at radius 3 is 2.69 bits per heavy atom. The number of amides is 1. The zero-order valence-corrected chi connectivity index (χ0v) is 36.0. The molecule has 0 radical (unpaired) electrons. The van der Waals surface area contributed by atoms with Crippen molar-refractivity contribution in [2.24, 2.45) is 0 Å². The highest BCUT2D eigenvalue weighted by atomic mass is 32.2.